The fourth-order valence-corrected chi connectivity index (χ4v) is 2.57. The highest BCUT2D eigenvalue weighted by Gasteiger charge is 2.00. The van der Waals surface area contributed by atoms with Crippen LogP contribution in [0.15, 0.2) is 72.8 Å². The zero-order valence-corrected chi connectivity index (χ0v) is 17.5. The van der Waals surface area contributed by atoms with Crippen molar-refractivity contribution in [3.8, 4) is 11.5 Å². The van der Waals surface area contributed by atoms with E-state index in [0.29, 0.717) is 39.6 Å². The van der Waals surface area contributed by atoms with E-state index in [2.05, 4.69) is 24.3 Å². The third-order valence-corrected chi connectivity index (χ3v) is 4.15. The molecule has 2 aromatic carbocycles. The molecule has 0 heterocycles. The quantitative estimate of drug-likeness (QED) is 0.324. The molecule has 29 heavy (non-hydrogen) atoms. The van der Waals surface area contributed by atoms with Gasteiger partial charge in [0.25, 0.3) is 0 Å². The standard InChI is InChI=1S/C25H32O4/c1-3-5-15-26-17-19-28-24-11-7-22(8-12-24)21-23-9-13-25(14-10-23)29-20-18-27-16-6-4-2/h3-14H,15-21H2,1-2H3. The summed E-state index contributed by atoms with van der Waals surface area (Å²) in [6, 6.07) is 16.4. The van der Waals surface area contributed by atoms with Crippen molar-refractivity contribution in [3.05, 3.63) is 84.0 Å². The molecule has 0 aromatic heterocycles. The van der Waals surface area contributed by atoms with Gasteiger partial charge in [-0.1, -0.05) is 48.6 Å². The van der Waals surface area contributed by atoms with E-state index in [1.807, 2.05) is 62.4 Å². The minimum atomic E-state index is 0.554. The molecular formula is C25H32O4. The predicted octanol–water partition coefficient (Wildman–Crippen LogP) is 5.22. The largest absolute Gasteiger partial charge is 0.491 e. The van der Waals surface area contributed by atoms with Crippen LogP contribution < -0.4 is 9.47 Å². The molecule has 0 aliphatic rings. The Morgan fingerprint density at radius 1 is 0.586 bits per heavy atom. The lowest BCUT2D eigenvalue weighted by Crippen LogP contribution is -2.06. The second-order valence-electron chi connectivity index (χ2n) is 6.45. The highest BCUT2D eigenvalue weighted by molar-refractivity contribution is 5.34. The van der Waals surface area contributed by atoms with Crippen LogP contribution in [0.3, 0.4) is 0 Å². The summed E-state index contributed by atoms with van der Waals surface area (Å²) in [5, 5.41) is 0. The van der Waals surface area contributed by atoms with Crippen LogP contribution in [0, 0.1) is 0 Å². The lowest BCUT2D eigenvalue weighted by Gasteiger charge is -2.09. The molecule has 156 valence electrons. The summed E-state index contributed by atoms with van der Waals surface area (Å²) in [7, 11) is 0. The molecule has 4 nitrogen and oxygen atoms in total. The molecule has 0 aliphatic heterocycles. The van der Waals surface area contributed by atoms with Crippen LogP contribution in [0.5, 0.6) is 11.5 Å². The van der Waals surface area contributed by atoms with Crippen molar-refractivity contribution in [1.82, 2.24) is 0 Å². The van der Waals surface area contributed by atoms with E-state index in [1.165, 1.54) is 11.1 Å². The first-order chi connectivity index (χ1) is 14.3. The minimum Gasteiger partial charge on any atom is -0.491 e. The summed E-state index contributed by atoms with van der Waals surface area (Å²) in [5.41, 5.74) is 2.49. The van der Waals surface area contributed by atoms with Crippen LogP contribution in [-0.2, 0) is 15.9 Å². The van der Waals surface area contributed by atoms with Gasteiger partial charge in [-0.2, -0.15) is 0 Å². The fourth-order valence-electron chi connectivity index (χ4n) is 2.57. The molecular weight excluding hydrogens is 364 g/mol. The van der Waals surface area contributed by atoms with Gasteiger partial charge in [-0.15, -0.1) is 0 Å². The first-order valence-corrected chi connectivity index (χ1v) is 10.1. The Kier molecular flexibility index (Phi) is 11.3. The van der Waals surface area contributed by atoms with Crippen LogP contribution in [0.1, 0.15) is 25.0 Å². The third-order valence-electron chi connectivity index (χ3n) is 4.15. The average Bonchev–Trinajstić information content (AvgIpc) is 2.75. The van der Waals surface area contributed by atoms with E-state index in [1.54, 1.807) is 0 Å². The van der Waals surface area contributed by atoms with Crippen LogP contribution in [-0.4, -0.2) is 39.6 Å². The maximum absolute atomic E-state index is 5.70. The lowest BCUT2D eigenvalue weighted by molar-refractivity contribution is 0.121. The molecule has 2 rings (SSSR count). The maximum atomic E-state index is 5.70. The summed E-state index contributed by atoms with van der Waals surface area (Å²) in [6.45, 7) is 7.50. The number of allylic oxidation sites excluding steroid dienone is 2. The molecule has 0 bridgehead atoms. The van der Waals surface area contributed by atoms with E-state index in [-0.39, 0.29) is 0 Å². The van der Waals surface area contributed by atoms with Crippen LogP contribution in [0.2, 0.25) is 0 Å². The van der Waals surface area contributed by atoms with Gasteiger partial charge < -0.3 is 18.9 Å². The summed E-state index contributed by atoms with van der Waals surface area (Å²) >= 11 is 0. The van der Waals surface area contributed by atoms with Gasteiger partial charge in [0.05, 0.1) is 26.4 Å². The third kappa shape index (κ3) is 9.97. The minimum absolute atomic E-state index is 0.554. The second kappa shape index (κ2) is 14.4. The van der Waals surface area contributed by atoms with Gasteiger partial charge in [0, 0.05) is 0 Å². The molecule has 0 fully saturated rings. The van der Waals surface area contributed by atoms with Crippen molar-refractivity contribution in [2.45, 2.75) is 20.3 Å². The second-order valence-corrected chi connectivity index (χ2v) is 6.45. The first kappa shape index (κ1) is 22.7. The van der Waals surface area contributed by atoms with Gasteiger partial charge in [-0.3, -0.25) is 0 Å². The first-order valence-electron chi connectivity index (χ1n) is 10.1. The Hall–Kier alpha value is -2.56. The van der Waals surface area contributed by atoms with Gasteiger partial charge in [0.1, 0.15) is 24.7 Å². The van der Waals surface area contributed by atoms with Crippen molar-refractivity contribution in [2.75, 3.05) is 39.6 Å². The Morgan fingerprint density at radius 3 is 1.38 bits per heavy atom. The fraction of sp³-hybridized carbons (Fsp3) is 0.360. The topological polar surface area (TPSA) is 36.9 Å². The molecule has 0 saturated carbocycles. The van der Waals surface area contributed by atoms with Gasteiger partial charge in [0.2, 0.25) is 0 Å². The molecule has 0 amide bonds. The molecule has 4 heteroatoms. The number of benzene rings is 2. The lowest BCUT2D eigenvalue weighted by atomic mass is 10.0. The zero-order chi connectivity index (χ0) is 20.6. The molecule has 0 spiro atoms. The van der Waals surface area contributed by atoms with E-state index in [4.69, 9.17) is 18.9 Å². The van der Waals surface area contributed by atoms with Crippen molar-refractivity contribution in [1.29, 1.82) is 0 Å². The van der Waals surface area contributed by atoms with E-state index < -0.39 is 0 Å². The van der Waals surface area contributed by atoms with E-state index in [9.17, 15) is 0 Å². The molecule has 0 unspecified atom stereocenters. The highest BCUT2D eigenvalue weighted by Crippen LogP contribution is 2.18. The number of rotatable bonds is 14. The molecule has 0 saturated heterocycles. The van der Waals surface area contributed by atoms with Crippen molar-refractivity contribution < 1.29 is 18.9 Å². The molecule has 0 atom stereocenters. The van der Waals surface area contributed by atoms with Crippen molar-refractivity contribution in [2.24, 2.45) is 0 Å². The number of ether oxygens (including phenoxy) is 4. The highest BCUT2D eigenvalue weighted by atomic mass is 16.5. The van der Waals surface area contributed by atoms with Gasteiger partial charge in [-0.25, -0.2) is 0 Å². The van der Waals surface area contributed by atoms with E-state index in [0.717, 1.165) is 17.9 Å². The van der Waals surface area contributed by atoms with Crippen LogP contribution in [0.25, 0.3) is 0 Å². The van der Waals surface area contributed by atoms with Gasteiger partial charge in [-0.05, 0) is 55.7 Å². The monoisotopic (exact) mass is 396 g/mol. The number of hydrogen-bond donors (Lipinski definition) is 0. The molecule has 0 aliphatic carbocycles. The van der Waals surface area contributed by atoms with Crippen LogP contribution >= 0.6 is 0 Å². The van der Waals surface area contributed by atoms with Gasteiger partial charge in [0.15, 0.2) is 0 Å². The molecule has 2 aromatic rings. The Balaban J connectivity index is 1.68. The average molecular weight is 397 g/mol. The summed E-state index contributed by atoms with van der Waals surface area (Å²) in [4.78, 5) is 0. The Morgan fingerprint density at radius 2 is 1.00 bits per heavy atom. The number of hydrogen-bond acceptors (Lipinski definition) is 4. The molecule has 0 N–H and O–H groups in total. The van der Waals surface area contributed by atoms with Crippen molar-refractivity contribution >= 4 is 0 Å². The normalized spacial score (nSPS) is 11.4. The summed E-state index contributed by atoms with van der Waals surface area (Å²) in [5.74, 6) is 1.73. The Labute approximate surface area is 174 Å². The predicted molar refractivity (Wildman–Crippen MR) is 118 cm³/mol. The van der Waals surface area contributed by atoms with Crippen molar-refractivity contribution in [3.63, 3.8) is 0 Å². The summed E-state index contributed by atoms with van der Waals surface area (Å²) in [6.07, 6.45) is 8.79. The summed E-state index contributed by atoms with van der Waals surface area (Å²) < 4.78 is 22.2. The maximum Gasteiger partial charge on any atom is 0.119 e. The van der Waals surface area contributed by atoms with E-state index >= 15 is 0 Å². The molecule has 0 radical (unpaired) electrons. The zero-order valence-electron chi connectivity index (χ0n) is 17.5. The Bertz CT molecular complexity index is 654. The smallest absolute Gasteiger partial charge is 0.119 e. The van der Waals surface area contributed by atoms with Crippen LogP contribution in [0.4, 0.5) is 0 Å². The van der Waals surface area contributed by atoms with Gasteiger partial charge >= 0.3 is 0 Å². The SMILES string of the molecule is CC=CCOCCOc1ccc(Cc2ccc(OCCOCC=CC)cc2)cc1.